The maximum atomic E-state index is 10.6. The molecular weight excluding hydrogens is 192 g/mol. The van der Waals surface area contributed by atoms with Gasteiger partial charge in [0.25, 0.3) is 0 Å². The molecule has 0 heterocycles. The van der Waals surface area contributed by atoms with Crippen LogP contribution in [0.2, 0.25) is 0 Å². The highest BCUT2D eigenvalue weighted by atomic mass is 16.1. The zero-order chi connectivity index (χ0) is 11.1. The van der Waals surface area contributed by atoms with Gasteiger partial charge in [0.1, 0.15) is 0 Å². The van der Waals surface area contributed by atoms with Crippen LogP contribution in [-0.4, -0.2) is 18.1 Å². The summed E-state index contributed by atoms with van der Waals surface area (Å²) in [6.45, 7) is 1.35. The van der Waals surface area contributed by atoms with Gasteiger partial charge in [-0.25, -0.2) is 0 Å². The first-order valence-corrected chi connectivity index (χ1v) is 4.37. The Morgan fingerprint density at radius 2 is 2.07 bits per heavy atom. The average molecular weight is 204 g/mol. The summed E-state index contributed by atoms with van der Waals surface area (Å²) in [7, 11) is 0. The summed E-state index contributed by atoms with van der Waals surface area (Å²) in [6.07, 6.45) is 1.55. The number of amides is 1. The molecule has 0 saturated carbocycles. The molecule has 0 atom stereocenters. The first kappa shape index (κ1) is 10.9. The predicted molar refractivity (Wildman–Crippen MR) is 59.5 cm³/mol. The Labute approximate surface area is 87.7 Å². The van der Waals surface area contributed by atoms with E-state index in [1.807, 2.05) is 30.3 Å². The Hall–Kier alpha value is -2.17. The SMILES string of the molecule is CC(=O)N/C(N)=N\N=Cc1ccccc1. The lowest BCUT2D eigenvalue weighted by Gasteiger charge is -1.95. The molecule has 5 nitrogen and oxygen atoms in total. The lowest BCUT2D eigenvalue weighted by Crippen LogP contribution is -2.34. The van der Waals surface area contributed by atoms with Crippen molar-refractivity contribution in [3.63, 3.8) is 0 Å². The molecule has 0 spiro atoms. The van der Waals surface area contributed by atoms with E-state index < -0.39 is 0 Å². The second-order valence-electron chi connectivity index (χ2n) is 2.82. The van der Waals surface area contributed by atoms with Crippen molar-refractivity contribution in [1.82, 2.24) is 5.32 Å². The number of nitrogens with two attached hydrogens (primary N) is 1. The van der Waals surface area contributed by atoms with Gasteiger partial charge in [0, 0.05) is 6.92 Å². The molecule has 0 aliphatic heterocycles. The molecular formula is C10H12N4O. The minimum atomic E-state index is -0.272. The summed E-state index contributed by atoms with van der Waals surface area (Å²) in [5.74, 6) is -0.291. The van der Waals surface area contributed by atoms with Gasteiger partial charge in [0.15, 0.2) is 0 Å². The van der Waals surface area contributed by atoms with Gasteiger partial charge in [-0.2, -0.15) is 5.10 Å². The summed E-state index contributed by atoms with van der Waals surface area (Å²) in [5.41, 5.74) is 6.26. The molecule has 0 fully saturated rings. The summed E-state index contributed by atoms with van der Waals surface area (Å²) in [4.78, 5) is 10.6. The second kappa shape index (κ2) is 5.54. The number of benzene rings is 1. The van der Waals surface area contributed by atoms with Crippen LogP contribution in [0.4, 0.5) is 0 Å². The van der Waals surface area contributed by atoms with E-state index >= 15 is 0 Å². The van der Waals surface area contributed by atoms with Crippen LogP contribution >= 0.6 is 0 Å². The van der Waals surface area contributed by atoms with Crippen LogP contribution in [-0.2, 0) is 4.79 Å². The summed E-state index contributed by atoms with van der Waals surface area (Å²) in [5, 5.41) is 9.61. The van der Waals surface area contributed by atoms with Crippen LogP contribution < -0.4 is 11.1 Å². The molecule has 1 aromatic rings. The lowest BCUT2D eigenvalue weighted by atomic mass is 10.2. The standard InChI is InChI=1S/C10H12N4O/c1-8(15)13-10(11)14-12-7-9-5-3-2-4-6-9/h2-7H,1H3,(H3,11,13,14,15). The molecule has 3 N–H and O–H groups in total. The van der Waals surface area contributed by atoms with E-state index in [0.29, 0.717) is 0 Å². The zero-order valence-corrected chi connectivity index (χ0v) is 8.34. The first-order valence-electron chi connectivity index (χ1n) is 4.37. The minimum Gasteiger partial charge on any atom is -0.368 e. The smallest absolute Gasteiger partial charge is 0.223 e. The molecule has 1 rings (SSSR count). The van der Waals surface area contributed by atoms with Crippen LogP contribution in [0.1, 0.15) is 12.5 Å². The quantitative estimate of drug-likeness (QED) is 0.417. The van der Waals surface area contributed by atoms with Gasteiger partial charge in [-0.15, -0.1) is 5.10 Å². The van der Waals surface area contributed by atoms with E-state index in [-0.39, 0.29) is 11.9 Å². The average Bonchev–Trinajstić information content (AvgIpc) is 2.18. The van der Waals surface area contributed by atoms with Crippen molar-refractivity contribution in [3.8, 4) is 0 Å². The number of guanidine groups is 1. The number of nitrogens with zero attached hydrogens (tertiary/aromatic N) is 2. The fourth-order valence-corrected chi connectivity index (χ4v) is 0.902. The molecule has 0 radical (unpaired) electrons. The highest BCUT2D eigenvalue weighted by Gasteiger charge is 1.92. The molecule has 78 valence electrons. The van der Waals surface area contributed by atoms with Gasteiger partial charge < -0.3 is 5.73 Å². The zero-order valence-electron chi connectivity index (χ0n) is 8.34. The van der Waals surface area contributed by atoms with Crippen molar-refractivity contribution >= 4 is 18.1 Å². The third-order valence-corrected chi connectivity index (χ3v) is 1.48. The fraction of sp³-hybridized carbons (Fsp3) is 0.100. The molecule has 1 amide bonds. The maximum Gasteiger partial charge on any atom is 0.223 e. The van der Waals surface area contributed by atoms with E-state index in [2.05, 4.69) is 15.5 Å². The summed E-state index contributed by atoms with van der Waals surface area (Å²) >= 11 is 0. The molecule has 0 aliphatic carbocycles. The highest BCUT2D eigenvalue weighted by Crippen LogP contribution is 1.93. The number of carbonyl (C=O) groups excluding carboxylic acids is 1. The molecule has 0 aromatic heterocycles. The Morgan fingerprint density at radius 3 is 2.67 bits per heavy atom. The van der Waals surface area contributed by atoms with Crippen LogP contribution in [0.3, 0.4) is 0 Å². The minimum absolute atomic E-state index is 0.0188. The topological polar surface area (TPSA) is 79.8 Å². The van der Waals surface area contributed by atoms with Crippen LogP contribution in [0.25, 0.3) is 0 Å². The van der Waals surface area contributed by atoms with Crippen molar-refractivity contribution in [3.05, 3.63) is 35.9 Å². The van der Waals surface area contributed by atoms with Gasteiger partial charge in [0.2, 0.25) is 11.9 Å². The van der Waals surface area contributed by atoms with Crippen LogP contribution in [0, 0.1) is 0 Å². The lowest BCUT2D eigenvalue weighted by molar-refractivity contribution is -0.117. The van der Waals surface area contributed by atoms with Crippen molar-refractivity contribution in [2.24, 2.45) is 15.9 Å². The van der Waals surface area contributed by atoms with Crippen molar-refractivity contribution in [2.75, 3.05) is 0 Å². The second-order valence-corrected chi connectivity index (χ2v) is 2.82. The van der Waals surface area contributed by atoms with Gasteiger partial charge in [-0.1, -0.05) is 30.3 Å². The first-order chi connectivity index (χ1) is 7.18. The molecule has 5 heteroatoms. The monoisotopic (exact) mass is 204 g/mol. The molecule has 0 aliphatic rings. The Kier molecular flexibility index (Phi) is 4.03. The van der Waals surface area contributed by atoms with Gasteiger partial charge >= 0.3 is 0 Å². The largest absolute Gasteiger partial charge is 0.368 e. The van der Waals surface area contributed by atoms with E-state index in [0.717, 1.165) is 5.56 Å². The number of rotatable bonds is 2. The predicted octanol–water partition coefficient (Wildman–Crippen LogP) is 0.471. The fourth-order valence-electron chi connectivity index (χ4n) is 0.902. The number of hydrogen-bond donors (Lipinski definition) is 2. The van der Waals surface area contributed by atoms with E-state index in [9.17, 15) is 4.79 Å². The van der Waals surface area contributed by atoms with Gasteiger partial charge in [-0.3, -0.25) is 10.1 Å². The van der Waals surface area contributed by atoms with E-state index in [1.54, 1.807) is 6.21 Å². The number of hydrogen-bond acceptors (Lipinski definition) is 3. The van der Waals surface area contributed by atoms with Crippen molar-refractivity contribution in [2.45, 2.75) is 6.92 Å². The summed E-state index contributed by atoms with van der Waals surface area (Å²) in [6, 6.07) is 9.46. The number of nitrogens with one attached hydrogen (secondary N) is 1. The third kappa shape index (κ3) is 4.56. The highest BCUT2D eigenvalue weighted by molar-refractivity contribution is 5.95. The van der Waals surface area contributed by atoms with E-state index in [1.165, 1.54) is 6.92 Å². The Balaban J connectivity index is 2.56. The van der Waals surface area contributed by atoms with Gasteiger partial charge in [0.05, 0.1) is 6.21 Å². The van der Waals surface area contributed by atoms with Crippen LogP contribution in [0.5, 0.6) is 0 Å². The Morgan fingerprint density at radius 1 is 1.40 bits per heavy atom. The summed E-state index contributed by atoms with van der Waals surface area (Å²) < 4.78 is 0. The molecule has 0 saturated heterocycles. The Bertz CT molecular complexity index is 384. The van der Waals surface area contributed by atoms with Crippen LogP contribution in [0.15, 0.2) is 40.5 Å². The van der Waals surface area contributed by atoms with E-state index in [4.69, 9.17) is 5.73 Å². The normalized spacial score (nSPS) is 11.7. The van der Waals surface area contributed by atoms with Crippen molar-refractivity contribution < 1.29 is 4.79 Å². The number of carbonyl (C=O) groups is 1. The maximum absolute atomic E-state index is 10.6. The van der Waals surface area contributed by atoms with Gasteiger partial charge in [-0.05, 0) is 5.56 Å². The molecule has 0 bridgehead atoms. The molecule has 0 unspecified atom stereocenters. The molecule has 1 aromatic carbocycles. The molecule has 15 heavy (non-hydrogen) atoms. The third-order valence-electron chi connectivity index (χ3n) is 1.48. The van der Waals surface area contributed by atoms with Crippen molar-refractivity contribution in [1.29, 1.82) is 0 Å².